The molecule has 2 rings (SSSR count). The van der Waals surface area contributed by atoms with E-state index in [1.807, 2.05) is 11.7 Å². The maximum absolute atomic E-state index is 5.78. The second-order valence-electron chi connectivity index (χ2n) is 4.55. The van der Waals surface area contributed by atoms with Gasteiger partial charge >= 0.3 is 0 Å². The van der Waals surface area contributed by atoms with Crippen molar-refractivity contribution in [1.82, 2.24) is 9.78 Å². The predicted molar refractivity (Wildman–Crippen MR) is 70.7 cm³/mol. The lowest BCUT2D eigenvalue weighted by molar-refractivity contribution is 0.721. The number of hydrogen-bond acceptors (Lipinski definition) is 2. The van der Waals surface area contributed by atoms with Crippen LogP contribution in [-0.2, 0) is 13.6 Å². The van der Waals surface area contributed by atoms with Crippen LogP contribution in [0.25, 0.3) is 11.1 Å². The Morgan fingerprint density at radius 2 is 1.94 bits per heavy atom. The molecule has 17 heavy (non-hydrogen) atoms. The van der Waals surface area contributed by atoms with Gasteiger partial charge in [0.25, 0.3) is 0 Å². The molecule has 0 amide bonds. The fourth-order valence-electron chi connectivity index (χ4n) is 2.18. The van der Waals surface area contributed by atoms with Crippen LogP contribution in [0.3, 0.4) is 0 Å². The molecule has 0 spiro atoms. The molecule has 2 aromatic rings. The number of rotatable bonds is 2. The molecule has 0 saturated heterocycles. The summed E-state index contributed by atoms with van der Waals surface area (Å²) >= 11 is 0. The van der Waals surface area contributed by atoms with Crippen molar-refractivity contribution in [1.29, 1.82) is 0 Å². The summed E-state index contributed by atoms with van der Waals surface area (Å²) in [5, 5.41) is 4.47. The molecule has 0 fully saturated rings. The first-order valence-corrected chi connectivity index (χ1v) is 5.84. The van der Waals surface area contributed by atoms with Gasteiger partial charge in [-0.2, -0.15) is 5.10 Å². The van der Waals surface area contributed by atoms with Gasteiger partial charge in [-0.25, -0.2) is 0 Å². The van der Waals surface area contributed by atoms with E-state index in [1.165, 1.54) is 27.9 Å². The molecule has 0 bridgehead atoms. The topological polar surface area (TPSA) is 43.8 Å². The zero-order chi connectivity index (χ0) is 12.6. The number of benzene rings is 1. The first-order chi connectivity index (χ1) is 8.04. The fourth-order valence-corrected chi connectivity index (χ4v) is 2.18. The van der Waals surface area contributed by atoms with Crippen molar-refractivity contribution in [3.05, 3.63) is 40.7 Å². The third-order valence-corrected chi connectivity index (χ3v) is 3.26. The lowest BCUT2D eigenvalue weighted by Gasteiger charge is -2.08. The van der Waals surface area contributed by atoms with Crippen LogP contribution < -0.4 is 5.73 Å². The first-order valence-electron chi connectivity index (χ1n) is 5.84. The Bertz CT molecular complexity index is 553. The van der Waals surface area contributed by atoms with Crippen molar-refractivity contribution >= 4 is 0 Å². The largest absolute Gasteiger partial charge is 0.325 e. The van der Waals surface area contributed by atoms with E-state index in [1.54, 1.807) is 0 Å². The highest BCUT2D eigenvalue weighted by molar-refractivity contribution is 5.72. The van der Waals surface area contributed by atoms with Crippen LogP contribution >= 0.6 is 0 Å². The third-order valence-electron chi connectivity index (χ3n) is 3.26. The van der Waals surface area contributed by atoms with E-state index in [2.05, 4.69) is 44.1 Å². The molecule has 0 saturated carbocycles. The summed E-state index contributed by atoms with van der Waals surface area (Å²) in [6.07, 6.45) is 0. The highest BCUT2D eigenvalue weighted by atomic mass is 15.3. The summed E-state index contributed by atoms with van der Waals surface area (Å²) in [6, 6.07) is 6.49. The summed E-state index contributed by atoms with van der Waals surface area (Å²) in [5.74, 6) is 0. The number of aryl methyl sites for hydroxylation is 3. The Balaban J connectivity index is 2.71. The highest BCUT2D eigenvalue weighted by Crippen LogP contribution is 2.30. The summed E-state index contributed by atoms with van der Waals surface area (Å²) in [7, 11) is 1.96. The molecule has 2 N–H and O–H groups in total. The number of aromatic nitrogens is 2. The molecule has 1 heterocycles. The molecule has 90 valence electrons. The van der Waals surface area contributed by atoms with Crippen molar-refractivity contribution in [2.45, 2.75) is 27.3 Å². The molecule has 0 radical (unpaired) electrons. The molecule has 0 aliphatic rings. The SMILES string of the molecule is Cc1ccc(C)c(-c2c(CN)nn(C)c2C)c1. The quantitative estimate of drug-likeness (QED) is 0.859. The van der Waals surface area contributed by atoms with Crippen molar-refractivity contribution < 1.29 is 0 Å². The van der Waals surface area contributed by atoms with Gasteiger partial charge in [-0.05, 0) is 31.9 Å². The Labute approximate surface area is 102 Å². The minimum atomic E-state index is 0.477. The van der Waals surface area contributed by atoms with E-state index >= 15 is 0 Å². The van der Waals surface area contributed by atoms with Crippen molar-refractivity contribution in [2.75, 3.05) is 0 Å². The minimum absolute atomic E-state index is 0.477. The average Bonchev–Trinajstić information content (AvgIpc) is 2.59. The van der Waals surface area contributed by atoms with Crippen LogP contribution in [0.5, 0.6) is 0 Å². The first kappa shape index (κ1) is 11.9. The van der Waals surface area contributed by atoms with E-state index in [9.17, 15) is 0 Å². The number of hydrogen-bond donors (Lipinski definition) is 1. The molecule has 1 aromatic carbocycles. The Hall–Kier alpha value is -1.61. The molecule has 3 heteroatoms. The number of nitrogens with two attached hydrogens (primary N) is 1. The maximum atomic E-state index is 5.78. The van der Waals surface area contributed by atoms with Gasteiger partial charge in [0.15, 0.2) is 0 Å². The smallest absolute Gasteiger partial charge is 0.0841 e. The van der Waals surface area contributed by atoms with Gasteiger partial charge in [0.05, 0.1) is 5.69 Å². The van der Waals surface area contributed by atoms with E-state index in [0.29, 0.717) is 6.54 Å². The summed E-state index contributed by atoms with van der Waals surface area (Å²) in [5.41, 5.74) is 12.9. The molecular formula is C14H19N3. The second-order valence-corrected chi connectivity index (χ2v) is 4.55. The third kappa shape index (κ3) is 1.98. The van der Waals surface area contributed by atoms with Gasteiger partial charge in [0.2, 0.25) is 0 Å². The zero-order valence-corrected chi connectivity index (χ0v) is 10.9. The standard InChI is InChI=1S/C14H19N3/c1-9-5-6-10(2)12(7-9)14-11(3)17(4)16-13(14)8-15/h5-7H,8,15H2,1-4H3. The molecular weight excluding hydrogens is 210 g/mol. The average molecular weight is 229 g/mol. The molecule has 0 aliphatic heterocycles. The van der Waals surface area contributed by atoms with Gasteiger partial charge in [0.1, 0.15) is 0 Å². The summed E-state index contributed by atoms with van der Waals surface area (Å²) in [6.45, 7) is 6.80. The van der Waals surface area contributed by atoms with Gasteiger partial charge in [-0.1, -0.05) is 23.8 Å². The molecule has 1 aromatic heterocycles. The van der Waals surface area contributed by atoms with Crippen LogP contribution in [0, 0.1) is 20.8 Å². The van der Waals surface area contributed by atoms with Crippen molar-refractivity contribution in [2.24, 2.45) is 12.8 Å². The van der Waals surface area contributed by atoms with E-state index in [4.69, 9.17) is 5.73 Å². The summed E-state index contributed by atoms with van der Waals surface area (Å²) in [4.78, 5) is 0. The lowest BCUT2D eigenvalue weighted by Crippen LogP contribution is -2.00. The predicted octanol–water partition coefficient (Wildman–Crippen LogP) is 2.47. The van der Waals surface area contributed by atoms with Crippen LogP contribution in [0.4, 0.5) is 0 Å². The molecule has 0 atom stereocenters. The highest BCUT2D eigenvalue weighted by Gasteiger charge is 2.15. The van der Waals surface area contributed by atoms with Crippen molar-refractivity contribution in [3.63, 3.8) is 0 Å². The van der Waals surface area contributed by atoms with E-state index < -0.39 is 0 Å². The summed E-state index contributed by atoms with van der Waals surface area (Å²) < 4.78 is 1.90. The Kier molecular flexibility index (Phi) is 3.03. The van der Waals surface area contributed by atoms with Crippen LogP contribution in [0.2, 0.25) is 0 Å². The molecule has 0 unspecified atom stereocenters. The van der Waals surface area contributed by atoms with E-state index in [0.717, 1.165) is 5.69 Å². The lowest BCUT2D eigenvalue weighted by atomic mass is 9.97. The van der Waals surface area contributed by atoms with Crippen molar-refractivity contribution in [3.8, 4) is 11.1 Å². The van der Waals surface area contributed by atoms with Crippen LogP contribution in [-0.4, -0.2) is 9.78 Å². The Morgan fingerprint density at radius 1 is 1.24 bits per heavy atom. The van der Waals surface area contributed by atoms with Gasteiger partial charge in [-0.15, -0.1) is 0 Å². The maximum Gasteiger partial charge on any atom is 0.0841 e. The normalized spacial score (nSPS) is 10.9. The van der Waals surface area contributed by atoms with Gasteiger partial charge < -0.3 is 5.73 Å². The van der Waals surface area contributed by atoms with E-state index in [-0.39, 0.29) is 0 Å². The Morgan fingerprint density at radius 3 is 2.59 bits per heavy atom. The zero-order valence-electron chi connectivity index (χ0n) is 10.9. The minimum Gasteiger partial charge on any atom is -0.325 e. The van der Waals surface area contributed by atoms with Gasteiger partial charge in [0, 0.05) is 24.8 Å². The van der Waals surface area contributed by atoms with Crippen LogP contribution in [0.1, 0.15) is 22.5 Å². The molecule has 3 nitrogen and oxygen atoms in total. The monoisotopic (exact) mass is 229 g/mol. The van der Waals surface area contributed by atoms with Crippen LogP contribution in [0.15, 0.2) is 18.2 Å². The fraction of sp³-hybridized carbons (Fsp3) is 0.357. The molecule has 0 aliphatic carbocycles. The van der Waals surface area contributed by atoms with Gasteiger partial charge in [-0.3, -0.25) is 4.68 Å². The second kappa shape index (κ2) is 4.34. The number of nitrogens with zero attached hydrogens (tertiary/aromatic N) is 2.